The summed E-state index contributed by atoms with van der Waals surface area (Å²) in [7, 11) is 0. The lowest BCUT2D eigenvalue weighted by Gasteiger charge is -2.06. The molecule has 0 radical (unpaired) electrons. The maximum absolute atomic E-state index is 10.5. The van der Waals surface area contributed by atoms with Gasteiger partial charge in [0.1, 0.15) is 0 Å². The molecule has 0 saturated carbocycles. The molecule has 1 aromatic rings. The topological polar surface area (TPSA) is 37.3 Å². The van der Waals surface area contributed by atoms with Gasteiger partial charge in [-0.05, 0) is 29.9 Å². The van der Waals surface area contributed by atoms with Gasteiger partial charge >= 0.3 is 5.97 Å². The van der Waals surface area contributed by atoms with Crippen molar-refractivity contribution in [1.29, 1.82) is 0 Å². The predicted molar refractivity (Wildman–Crippen MR) is 60.9 cm³/mol. The summed E-state index contributed by atoms with van der Waals surface area (Å²) in [5.74, 6) is -0.0795. The van der Waals surface area contributed by atoms with Gasteiger partial charge in [0.2, 0.25) is 0 Å². The molecule has 0 aliphatic carbocycles. The van der Waals surface area contributed by atoms with E-state index in [0.717, 1.165) is 18.4 Å². The van der Waals surface area contributed by atoms with Crippen LogP contribution in [0.1, 0.15) is 31.4 Å². The first-order valence-electron chi connectivity index (χ1n) is 5.37. The highest BCUT2D eigenvalue weighted by molar-refractivity contribution is 5.70. The molecule has 1 aromatic carbocycles. The molecule has 2 nitrogen and oxygen atoms in total. The summed E-state index contributed by atoms with van der Waals surface area (Å²) in [4.78, 5) is 10.5. The van der Waals surface area contributed by atoms with Crippen molar-refractivity contribution >= 4 is 5.97 Å². The van der Waals surface area contributed by atoms with Gasteiger partial charge in [0.25, 0.3) is 0 Å². The highest BCUT2D eigenvalue weighted by Crippen LogP contribution is 2.11. The van der Waals surface area contributed by atoms with Gasteiger partial charge in [0.05, 0.1) is 6.42 Å². The molecule has 0 fully saturated rings. The van der Waals surface area contributed by atoms with Crippen LogP contribution in [0.3, 0.4) is 0 Å². The van der Waals surface area contributed by atoms with E-state index in [1.165, 1.54) is 5.56 Å². The minimum atomic E-state index is -0.768. The largest absolute Gasteiger partial charge is 0.481 e. The number of hydrogen-bond donors (Lipinski definition) is 1. The SMILES string of the molecule is CC(C)CCc1cccc(CC(=O)O)c1. The number of carboxylic acid groups (broad SMARTS) is 1. The normalized spacial score (nSPS) is 10.6. The van der Waals surface area contributed by atoms with Gasteiger partial charge in [-0.3, -0.25) is 4.79 Å². The molecular weight excluding hydrogens is 188 g/mol. The van der Waals surface area contributed by atoms with Gasteiger partial charge in [0, 0.05) is 0 Å². The van der Waals surface area contributed by atoms with E-state index in [0.29, 0.717) is 5.92 Å². The molecule has 0 saturated heterocycles. The van der Waals surface area contributed by atoms with Gasteiger partial charge in [-0.1, -0.05) is 38.1 Å². The molecule has 2 heteroatoms. The van der Waals surface area contributed by atoms with Gasteiger partial charge in [-0.2, -0.15) is 0 Å². The van der Waals surface area contributed by atoms with Crippen molar-refractivity contribution in [3.05, 3.63) is 35.4 Å². The molecule has 1 rings (SSSR count). The van der Waals surface area contributed by atoms with Crippen LogP contribution in [0.15, 0.2) is 24.3 Å². The van der Waals surface area contributed by atoms with Crippen LogP contribution in [0.2, 0.25) is 0 Å². The molecule has 15 heavy (non-hydrogen) atoms. The molecule has 0 aliphatic heterocycles. The molecule has 0 atom stereocenters. The van der Waals surface area contributed by atoms with Gasteiger partial charge in [0.15, 0.2) is 0 Å². The lowest BCUT2D eigenvalue weighted by Crippen LogP contribution is -2.00. The summed E-state index contributed by atoms with van der Waals surface area (Å²) >= 11 is 0. The number of carboxylic acids is 1. The summed E-state index contributed by atoms with van der Waals surface area (Å²) in [6, 6.07) is 7.87. The summed E-state index contributed by atoms with van der Waals surface area (Å²) in [5.41, 5.74) is 2.13. The Morgan fingerprint density at radius 3 is 2.60 bits per heavy atom. The van der Waals surface area contributed by atoms with E-state index in [9.17, 15) is 4.79 Å². The zero-order chi connectivity index (χ0) is 11.3. The summed E-state index contributed by atoms with van der Waals surface area (Å²) in [6.07, 6.45) is 2.30. The van der Waals surface area contributed by atoms with E-state index in [1.807, 2.05) is 18.2 Å². The van der Waals surface area contributed by atoms with Gasteiger partial charge in [-0.15, -0.1) is 0 Å². The van der Waals surface area contributed by atoms with Crippen LogP contribution < -0.4 is 0 Å². The molecule has 0 unspecified atom stereocenters. The maximum atomic E-state index is 10.5. The standard InChI is InChI=1S/C13H18O2/c1-10(2)6-7-11-4-3-5-12(8-11)9-13(14)15/h3-5,8,10H,6-7,9H2,1-2H3,(H,14,15). The third-order valence-corrected chi connectivity index (χ3v) is 2.36. The average molecular weight is 206 g/mol. The van der Waals surface area contributed by atoms with Crippen LogP contribution in [0.5, 0.6) is 0 Å². The van der Waals surface area contributed by atoms with Crippen LogP contribution in [0, 0.1) is 5.92 Å². The number of aliphatic carboxylic acids is 1. The zero-order valence-electron chi connectivity index (χ0n) is 9.36. The number of benzene rings is 1. The molecule has 0 spiro atoms. The number of hydrogen-bond acceptors (Lipinski definition) is 1. The molecule has 0 aliphatic rings. The monoisotopic (exact) mass is 206 g/mol. The van der Waals surface area contributed by atoms with E-state index >= 15 is 0 Å². The molecule has 0 bridgehead atoms. The van der Waals surface area contributed by atoms with Crippen molar-refractivity contribution in [1.82, 2.24) is 0 Å². The third kappa shape index (κ3) is 4.63. The Bertz CT molecular complexity index is 329. The Kier molecular flexibility index (Phi) is 4.35. The van der Waals surface area contributed by atoms with Crippen molar-refractivity contribution < 1.29 is 9.90 Å². The van der Waals surface area contributed by atoms with Crippen LogP contribution in [-0.4, -0.2) is 11.1 Å². The molecule has 0 heterocycles. The molecule has 1 N–H and O–H groups in total. The fourth-order valence-corrected chi connectivity index (χ4v) is 1.53. The summed E-state index contributed by atoms with van der Waals surface area (Å²) in [6.45, 7) is 4.39. The summed E-state index contributed by atoms with van der Waals surface area (Å²) < 4.78 is 0. The zero-order valence-corrected chi connectivity index (χ0v) is 9.36. The highest BCUT2D eigenvalue weighted by Gasteiger charge is 2.02. The van der Waals surface area contributed by atoms with Crippen molar-refractivity contribution in [3.63, 3.8) is 0 Å². The highest BCUT2D eigenvalue weighted by atomic mass is 16.4. The van der Waals surface area contributed by atoms with E-state index in [-0.39, 0.29) is 6.42 Å². The van der Waals surface area contributed by atoms with Crippen molar-refractivity contribution in [2.24, 2.45) is 5.92 Å². The lowest BCUT2D eigenvalue weighted by molar-refractivity contribution is -0.136. The van der Waals surface area contributed by atoms with Crippen molar-refractivity contribution in [2.75, 3.05) is 0 Å². The second kappa shape index (κ2) is 5.54. The first-order chi connectivity index (χ1) is 7.08. The van der Waals surface area contributed by atoms with Crippen LogP contribution in [0.4, 0.5) is 0 Å². The maximum Gasteiger partial charge on any atom is 0.307 e. The molecule has 82 valence electrons. The van der Waals surface area contributed by atoms with Crippen LogP contribution >= 0.6 is 0 Å². The van der Waals surface area contributed by atoms with E-state index in [4.69, 9.17) is 5.11 Å². The van der Waals surface area contributed by atoms with Gasteiger partial charge in [-0.25, -0.2) is 0 Å². The minimum Gasteiger partial charge on any atom is -0.481 e. The van der Waals surface area contributed by atoms with E-state index in [1.54, 1.807) is 0 Å². The lowest BCUT2D eigenvalue weighted by atomic mass is 10.0. The molecule has 0 amide bonds. The average Bonchev–Trinajstić information content (AvgIpc) is 2.14. The number of carbonyl (C=O) groups is 1. The fraction of sp³-hybridized carbons (Fsp3) is 0.462. The Morgan fingerprint density at radius 2 is 2.00 bits per heavy atom. The Balaban J connectivity index is 2.61. The summed E-state index contributed by atoms with van der Waals surface area (Å²) in [5, 5.41) is 8.68. The molecule has 0 aromatic heterocycles. The molecular formula is C13H18O2. The van der Waals surface area contributed by atoms with E-state index < -0.39 is 5.97 Å². The van der Waals surface area contributed by atoms with Gasteiger partial charge < -0.3 is 5.11 Å². The smallest absolute Gasteiger partial charge is 0.307 e. The van der Waals surface area contributed by atoms with Crippen molar-refractivity contribution in [2.45, 2.75) is 33.1 Å². The first kappa shape index (κ1) is 11.8. The fourth-order valence-electron chi connectivity index (χ4n) is 1.53. The van der Waals surface area contributed by atoms with Crippen LogP contribution in [0.25, 0.3) is 0 Å². The minimum absolute atomic E-state index is 0.121. The number of aryl methyl sites for hydroxylation is 1. The van der Waals surface area contributed by atoms with Crippen LogP contribution in [-0.2, 0) is 17.6 Å². The quantitative estimate of drug-likeness (QED) is 0.804. The third-order valence-electron chi connectivity index (χ3n) is 2.36. The Labute approximate surface area is 90.9 Å². The van der Waals surface area contributed by atoms with Crippen molar-refractivity contribution in [3.8, 4) is 0 Å². The predicted octanol–water partition coefficient (Wildman–Crippen LogP) is 2.90. The second-order valence-corrected chi connectivity index (χ2v) is 4.32. The number of rotatable bonds is 5. The Hall–Kier alpha value is -1.31. The second-order valence-electron chi connectivity index (χ2n) is 4.32. The van der Waals surface area contributed by atoms with E-state index in [2.05, 4.69) is 19.9 Å². The first-order valence-corrected chi connectivity index (χ1v) is 5.37. The Morgan fingerprint density at radius 1 is 1.33 bits per heavy atom.